The van der Waals surface area contributed by atoms with E-state index in [1.807, 2.05) is 13.8 Å². The molecule has 0 spiro atoms. The maximum absolute atomic E-state index is 5.26. The number of nitrogens with one attached hydrogen (secondary N) is 1. The van der Waals surface area contributed by atoms with E-state index in [-0.39, 0.29) is 12.1 Å². The summed E-state index contributed by atoms with van der Waals surface area (Å²) in [6, 6.07) is 0.0463. The SMILES string of the molecule is C=C(C)C(NN)C(C)OC. The van der Waals surface area contributed by atoms with Gasteiger partial charge in [-0.2, -0.15) is 0 Å². The molecule has 0 saturated heterocycles. The summed E-state index contributed by atoms with van der Waals surface area (Å²) in [4.78, 5) is 0. The van der Waals surface area contributed by atoms with Crippen LogP contribution in [0.15, 0.2) is 12.2 Å². The minimum atomic E-state index is 0.0463. The quantitative estimate of drug-likeness (QED) is 0.342. The third-order valence-corrected chi connectivity index (χ3v) is 1.55. The monoisotopic (exact) mass is 144 g/mol. The molecule has 0 aliphatic rings. The molecule has 3 nitrogen and oxygen atoms in total. The highest BCUT2D eigenvalue weighted by atomic mass is 16.5. The zero-order valence-corrected chi connectivity index (χ0v) is 6.85. The van der Waals surface area contributed by atoms with Gasteiger partial charge in [0.2, 0.25) is 0 Å². The standard InChI is InChI=1S/C7H16N2O/c1-5(2)7(9-8)6(3)10-4/h6-7,9H,1,8H2,2-4H3. The molecule has 0 amide bonds. The van der Waals surface area contributed by atoms with Gasteiger partial charge in [0, 0.05) is 7.11 Å². The third kappa shape index (κ3) is 2.47. The number of hydrogen-bond acceptors (Lipinski definition) is 3. The molecule has 0 aromatic heterocycles. The Morgan fingerprint density at radius 2 is 2.20 bits per heavy atom. The summed E-state index contributed by atoms with van der Waals surface area (Å²) in [5.74, 6) is 5.26. The number of hydrazine groups is 1. The Hall–Kier alpha value is -0.380. The summed E-state index contributed by atoms with van der Waals surface area (Å²) in [5.41, 5.74) is 3.61. The highest BCUT2D eigenvalue weighted by Gasteiger charge is 2.14. The van der Waals surface area contributed by atoms with Gasteiger partial charge in [0.1, 0.15) is 0 Å². The Kier molecular flexibility index (Phi) is 4.27. The van der Waals surface area contributed by atoms with Gasteiger partial charge in [0.05, 0.1) is 12.1 Å². The van der Waals surface area contributed by atoms with Gasteiger partial charge < -0.3 is 4.74 Å². The lowest BCUT2D eigenvalue weighted by Crippen LogP contribution is -2.44. The first-order valence-electron chi connectivity index (χ1n) is 3.27. The average Bonchev–Trinajstić information content (AvgIpc) is 1.88. The first kappa shape index (κ1) is 9.62. The summed E-state index contributed by atoms with van der Waals surface area (Å²) in [7, 11) is 1.65. The molecule has 0 fully saturated rings. The van der Waals surface area contributed by atoms with Crippen LogP contribution in [0.2, 0.25) is 0 Å². The van der Waals surface area contributed by atoms with Crippen LogP contribution in [-0.2, 0) is 4.74 Å². The van der Waals surface area contributed by atoms with E-state index in [1.165, 1.54) is 0 Å². The molecule has 0 saturated carbocycles. The van der Waals surface area contributed by atoms with E-state index in [0.717, 1.165) is 5.57 Å². The molecule has 0 aliphatic carbocycles. The molecular weight excluding hydrogens is 128 g/mol. The molecule has 0 aliphatic heterocycles. The Balaban J connectivity index is 3.92. The zero-order valence-electron chi connectivity index (χ0n) is 6.85. The van der Waals surface area contributed by atoms with Crippen LogP contribution >= 0.6 is 0 Å². The van der Waals surface area contributed by atoms with Crippen LogP contribution in [0.25, 0.3) is 0 Å². The van der Waals surface area contributed by atoms with E-state index >= 15 is 0 Å². The Morgan fingerprint density at radius 1 is 1.70 bits per heavy atom. The van der Waals surface area contributed by atoms with Gasteiger partial charge in [0.25, 0.3) is 0 Å². The second-order valence-corrected chi connectivity index (χ2v) is 2.43. The van der Waals surface area contributed by atoms with Crippen molar-refractivity contribution in [2.45, 2.75) is 26.0 Å². The number of hydrogen-bond donors (Lipinski definition) is 2. The second-order valence-electron chi connectivity index (χ2n) is 2.43. The van der Waals surface area contributed by atoms with E-state index in [9.17, 15) is 0 Å². The first-order valence-corrected chi connectivity index (χ1v) is 3.27. The van der Waals surface area contributed by atoms with E-state index in [0.29, 0.717) is 0 Å². The van der Waals surface area contributed by atoms with Crippen molar-refractivity contribution in [1.82, 2.24) is 5.43 Å². The molecule has 10 heavy (non-hydrogen) atoms. The normalized spacial score (nSPS) is 16.4. The van der Waals surface area contributed by atoms with E-state index in [1.54, 1.807) is 7.11 Å². The van der Waals surface area contributed by atoms with Crippen molar-refractivity contribution in [3.8, 4) is 0 Å². The molecule has 60 valence electrons. The van der Waals surface area contributed by atoms with Gasteiger partial charge in [-0.3, -0.25) is 11.3 Å². The fourth-order valence-electron chi connectivity index (χ4n) is 0.815. The van der Waals surface area contributed by atoms with Crippen molar-refractivity contribution in [3.63, 3.8) is 0 Å². The van der Waals surface area contributed by atoms with Crippen LogP contribution in [0.3, 0.4) is 0 Å². The number of nitrogens with two attached hydrogens (primary N) is 1. The molecule has 2 unspecified atom stereocenters. The van der Waals surface area contributed by atoms with Crippen LogP contribution in [0.5, 0.6) is 0 Å². The first-order chi connectivity index (χ1) is 4.63. The topological polar surface area (TPSA) is 47.3 Å². The lowest BCUT2D eigenvalue weighted by molar-refractivity contribution is 0.0941. The van der Waals surface area contributed by atoms with E-state index < -0.39 is 0 Å². The smallest absolute Gasteiger partial charge is 0.0747 e. The maximum Gasteiger partial charge on any atom is 0.0747 e. The predicted octanol–water partition coefficient (Wildman–Crippen LogP) is 0.429. The number of methoxy groups -OCH3 is 1. The van der Waals surface area contributed by atoms with Crippen molar-refractivity contribution in [3.05, 3.63) is 12.2 Å². The molecule has 3 N–H and O–H groups in total. The van der Waals surface area contributed by atoms with Crippen LogP contribution in [-0.4, -0.2) is 19.3 Å². The number of rotatable bonds is 4. The predicted molar refractivity (Wildman–Crippen MR) is 42.4 cm³/mol. The molecule has 0 rings (SSSR count). The average molecular weight is 144 g/mol. The summed E-state index contributed by atoms with van der Waals surface area (Å²) < 4.78 is 5.06. The molecule has 0 heterocycles. The Labute approximate surface area is 62.2 Å². The maximum atomic E-state index is 5.26. The molecule has 0 aromatic rings. The largest absolute Gasteiger partial charge is 0.380 e. The lowest BCUT2D eigenvalue weighted by atomic mass is 10.1. The fourth-order valence-corrected chi connectivity index (χ4v) is 0.815. The van der Waals surface area contributed by atoms with Gasteiger partial charge in [-0.25, -0.2) is 0 Å². The van der Waals surface area contributed by atoms with E-state index in [4.69, 9.17) is 10.6 Å². The van der Waals surface area contributed by atoms with Crippen LogP contribution in [0.4, 0.5) is 0 Å². The van der Waals surface area contributed by atoms with Crippen molar-refractivity contribution in [1.29, 1.82) is 0 Å². The van der Waals surface area contributed by atoms with Gasteiger partial charge in [-0.15, -0.1) is 0 Å². The van der Waals surface area contributed by atoms with Crippen molar-refractivity contribution in [2.24, 2.45) is 5.84 Å². The molecule has 2 atom stereocenters. The highest BCUT2D eigenvalue weighted by molar-refractivity contribution is 5.03. The third-order valence-electron chi connectivity index (χ3n) is 1.55. The minimum absolute atomic E-state index is 0.0463. The molecule has 0 aromatic carbocycles. The van der Waals surface area contributed by atoms with Gasteiger partial charge in [-0.05, 0) is 13.8 Å². The molecule has 0 bridgehead atoms. The van der Waals surface area contributed by atoms with E-state index in [2.05, 4.69) is 12.0 Å². The summed E-state index contributed by atoms with van der Waals surface area (Å²) in [5, 5.41) is 0. The van der Waals surface area contributed by atoms with Crippen LogP contribution in [0, 0.1) is 0 Å². The minimum Gasteiger partial charge on any atom is -0.380 e. The lowest BCUT2D eigenvalue weighted by Gasteiger charge is -2.21. The van der Waals surface area contributed by atoms with Crippen LogP contribution in [0.1, 0.15) is 13.8 Å². The van der Waals surface area contributed by atoms with Gasteiger partial charge >= 0.3 is 0 Å². The number of ether oxygens (including phenoxy) is 1. The van der Waals surface area contributed by atoms with Gasteiger partial charge in [-0.1, -0.05) is 12.2 Å². The zero-order chi connectivity index (χ0) is 8.15. The van der Waals surface area contributed by atoms with Crippen molar-refractivity contribution in [2.75, 3.05) is 7.11 Å². The fraction of sp³-hybridized carbons (Fsp3) is 0.714. The van der Waals surface area contributed by atoms with Crippen LogP contribution < -0.4 is 11.3 Å². The molecular formula is C7H16N2O. The van der Waals surface area contributed by atoms with Crippen molar-refractivity contribution < 1.29 is 4.74 Å². The van der Waals surface area contributed by atoms with Gasteiger partial charge in [0.15, 0.2) is 0 Å². The second kappa shape index (κ2) is 4.44. The Bertz CT molecular complexity index is 114. The van der Waals surface area contributed by atoms with Crippen molar-refractivity contribution >= 4 is 0 Å². The summed E-state index contributed by atoms with van der Waals surface area (Å²) >= 11 is 0. The molecule has 0 radical (unpaired) electrons. The summed E-state index contributed by atoms with van der Waals surface area (Å²) in [6.45, 7) is 7.63. The highest BCUT2D eigenvalue weighted by Crippen LogP contribution is 2.04. The molecule has 3 heteroatoms. The Morgan fingerprint density at radius 3 is 2.30 bits per heavy atom. The summed E-state index contributed by atoms with van der Waals surface area (Å²) in [6.07, 6.45) is 0.0718.